The summed E-state index contributed by atoms with van der Waals surface area (Å²) in [5, 5.41) is 8.77. The van der Waals surface area contributed by atoms with E-state index in [-0.39, 0.29) is 9.09 Å². The van der Waals surface area contributed by atoms with Crippen molar-refractivity contribution in [2.24, 2.45) is 0 Å². The first kappa shape index (κ1) is 12.3. The monoisotopic (exact) mass is 273 g/mol. The third kappa shape index (κ3) is 2.41. The molecule has 0 saturated heterocycles. The van der Waals surface area contributed by atoms with Gasteiger partial charge in [-0.25, -0.2) is 13.2 Å². The number of sulfonamides is 1. The second kappa shape index (κ2) is 4.59. The van der Waals surface area contributed by atoms with Gasteiger partial charge in [0.25, 0.3) is 10.0 Å². The molecule has 2 heterocycles. The molecular formula is C10H11NO4S2. The van der Waals surface area contributed by atoms with Crippen LogP contribution in [0, 0.1) is 0 Å². The molecule has 0 aromatic carbocycles. The maximum Gasteiger partial charge on any atom is 0.345 e. The standard InChI is InChI=1S/C10H11NO4S2/c12-10(13)8-4-5-9(16-8)17(14,15)11-6-2-1-3-7-11/h1-2,4-5H,3,6-7H2,(H,12,13). The van der Waals surface area contributed by atoms with Crippen LogP contribution in [0.3, 0.4) is 0 Å². The van der Waals surface area contributed by atoms with Gasteiger partial charge in [-0.3, -0.25) is 0 Å². The van der Waals surface area contributed by atoms with Gasteiger partial charge in [0.05, 0.1) is 0 Å². The molecule has 92 valence electrons. The molecule has 7 heteroatoms. The number of rotatable bonds is 3. The van der Waals surface area contributed by atoms with Crippen LogP contribution in [0.2, 0.25) is 0 Å². The molecule has 5 nitrogen and oxygen atoms in total. The van der Waals surface area contributed by atoms with Crippen LogP contribution in [0.5, 0.6) is 0 Å². The molecule has 1 aliphatic heterocycles. The highest BCUT2D eigenvalue weighted by Crippen LogP contribution is 2.25. The quantitative estimate of drug-likeness (QED) is 0.845. The molecule has 1 aromatic rings. The maximum absolute atomic E-state index is 12.1. The number of carboxylic acids is 1. The summed E-state index contributed by atoms with van der Waals surface area (Å²) in [6.07, 6.45) is 4.42. The Labute approximate surface area is 103 Å². The van der Waals surface area contributed by atoms with E-state index in [9.17, 15) is 13.2 Å². The minimum atomic E-state index is -3.54. The molecule has 0 amide bonds. The van der Waals surface area contributed by atoms with Gasteiger partial charge in [0.15, 0.2) is 0 Å². The second-order valence-corrected chi connectivity index (χ2v) is 6.80. The number of hydrogen-bond acceptors (Lipinski definition) is 4. The van der Waals surface area contributed by atoms with Crippen molar-refractivity contribution >= 4 is 27.3 Å². The van der Waals surface area contributed by atoms with E-state index in [2.05, 4.69) is 0 Å². The normalized spacial score (nSPS) is 17.2. The number of nitrogens with zero attached hydrogens (tertiary/aromatic N) is 1. The van der Waals surface area contributed by atoms with Crippen molar-refractivity contribution in [2.75, 3.05) is 13.1 Å². The fourth-order valence-electron chi connectivity index (χ4n) is 1.54. The fourth-order valence-corrected chi connectivity index (χ4v) is 4.24. The molecule has 1 N–H and O–H groups in total. The minimum absolute atomic E-state index is 0.0381. The minimum Gasteiger partial charge on any atom is -0.477 e. The van der Waals surface area contributed by atoms with Gasteiger partial charge in [-0.1, -0.05) is 12.2 Å². The number of aromatic carboxylic acids is 1. The summed E-state index contributed by atoms with van der Waals surface area (Å²) in [7, 11) is -3.54. The Morgan fingerprint density at radius 2 is 2.12 bits per heavy atom. The van der Waals surface area contributed by atoms with Gasteiger partial charge in [-0.05, 0) is 18.6 Å². The summed E-state index contributed by atoms with van der Waals surface area (Å²) in [5.74, 6) is -1.10. The SMILES string of the molecule is O=C(O)c1ccc(S(=O)(=O)N2CC=CCC2)s1. The molecular weight excluding hydrogens is 262 g/mol. The van der Waals surface area contributed by atoms with E-state index in [1.807, 2.05) is 6.08 Å². The van der Waals surface area contributed by atoms with E-state index in [1.54, 1.807) is 6.08 Å². The van der Waals surface area contributed by atoms with Crippen LogP contribution in [0.25, 0.3) is 0 Å². The Balaban J connectivity index is 2.30. The van der Waals surface area contributed by atoms with Crippen LogP contribution < -0.4 is 0 Å². The molecule has 0 aliphatic carbocycles. The summed E-state index contributed by atoms with van der Waals surface area (Å²) < 4.78 is 25.7. The zero-order valence-corrected chi connectivity index (χ0v) is 10.5. The molecule has 17 heavy (non-hydrogen) atoms. The summed E-state index contributed by atoms with van der Waals surface area (Å²) in [5.41, 5.74) is 0. The van der Waals surface area contributed by atoms with E-state index >= 15 is 0 Å². The lowest BCUT2D eigenvalue weighted by Crippen LogP contribution is -2.33. The first-order valence-electron chi connectivity index (χ1n) is 5.00. The summed E-state index contributed by atoms with van der Waals surface area (Å²) in [4.78, 5) is 10.7. The lowest BCUT2D eigenvalue weighted by Gasteiger charge is -2.21. The summed E-state index contributed by atoms with van der Waals surface area (Å²) >= 11 is 0.788. The Morgan fingerprint density at radius 1 is 1.35 bits per heavy atom. The van der Waals surface area contributed by atoms with Crippen LogP contribution in [0.1, 0.15) is 16.1 Å². The van der Waals surface area contributed by atoms with Gasteiger partial charge in [-0.2, -0.15) is 4.31 Å². The molecule has 1 aromatic heterocycles. The van der Waals surface area contributed by atoms with Crippen molar-refractivity contribution in [3.8, 4) is 0 Å². The number of carbonyl (C=O) groups is 1. The van der Waals surface area contributed by atoms with Crippen molar-refractivity contribution in [1.29, 1.82) is 0 Å². The van der Waals surface area contributed by atoms with Crippen molar-refractivity contribution in [3.63, 3.8) is 0 Å². The maximum atomic E-state index is 12.1. The van der Waals surface area contributed by atoms with E-state index in [4.69, 9.17) is 5.11 Å². The zero-order valence-electron chi connectivity index (χ0n) is 8.87. The van der Waals surface area contributed by atoms with E-state index < -0.39 is 16.0 Å². The third-order valence-corrected chi connectivity index (χ3v) is 5.81. The van der Waals surface area contributed by atoms with E-state index in [0.29, 0.717) is 19.5 Å². The fraction of sp³-hybridized carbons (Fsp3) is 0.300. The molecule has 0 saturated carbocycles. The molecule has 0 radical (unpaired) electrons. The van der Waals surface area contributed by atoms with E-state index in [0.717, 1.165) is 11.3 Å². The molecule has 0 unspecified atom stereocenters. The van der Waals surface area contributed by atoms with Crippen LogP contribution in [-0.4, -0.2) is 36.9 Å². The Bertz CT molecular complexity index is 559. The highest BCUT2D eigenvalue weighted by atomic mass is 32.2. The predicted octanol–water partition coefficient (Wildman–Crippen LogP) is 1.40. The highest BCUT2D eigenvalue weighted by molar-refractivity contribution is 7.91. The van der Waals surface area contributed by atoms with Crippen molar-refractivity contribution in [3.05, 3.63) is 29.2 Å². The molecule has 0 bridgehead atoms. The zero-order chi connectivity index (χ0) is 12.5. The smallest absolute Gasteiger partial charge is 0.345 e. The largest absolute Gasteiger partial charge is 0.477 e. The van der Waals surface area contributed by atoms with E-state index in [1.165, 1.54) is 16.4 Å². The number of thiophene rings is 1. The first-order chi connectivity index (χ1) is 8.01. The van der Waals surface area contributed by atoms with Gasteiger partial charge >= 0.3 is 5.97 Å². The molecule has 1 aliphatic rings. The Morgan fingerprint density at radius 3 is 2.65 bits per heavy atom. The topological polar surface area (TPSA) is 74.7 Å². The lowest BCUT2D eigenvalue weighted by atomic mass is 10.3. The van der Waals surface area contributed by atoms with Crippen molar-refractivity contribution < 1.29 is 18.3 Å². The molecule has 2 rings (SSSR count). The third-order valence-electron chi connectivity index (χ3n) is 2.41. The number of hydrogen-bond donors (Lipinski definition) is 1. The summed E-state index contributed by atoms with van der Waals surface area (Å²) in [6.45, 7) is 0.793. The second-order valence-electron chi connectivity index (χ2n) is 3.55. The average Bonchev–Trinajstić information content (AvgIpc) is 2.80. The van der Waals surface area contributed by atoms with Gasteiger partial charge in [0.2, 0.25) is 0 Å². The first-order valence-corrected chi connectivity index (χ1v) is 7.26. The Hall–Kier alpha value is -1.18. The average molecular weight is 273 g/mol. The number of carboxylic acid groups (broad SMARTS) is 1. The molecule has 0 fully saturated rings. The molecule has 0 atom stereocenters. The van der Waals surface area contributed by atoms with Crippen LogP contribution in [0.15, 0.2) is 28.5 Å². The lowest BCUT2D eigenvalue weighted by molar-refractivity contribution is 0.0702. The van der Waals surface area contributed by atoms with Gasteiger partial charge in [0.1, 0.15) is 9.09 Å². The van der Waals surface area contributed by atoms with Crippen molar-refractivity contribution in [1.82, 2.24) is 4.31 Å². The predicted molar refractivity (Wildman–Crippen MR) is 63.8 cm³/mol. The molecule has 0 spiro atoms. The van der Waals surface area contributed by atoms with Gasteiger partial charge in [-0.15, -0.1) is 11.3 Å². The van der Waals surface area contributed by atoms with Gasteiger partial charge in [0, 0.05) is 13.1 Å². The van der Waals surface area contributed by atoms with Crippen LogP contribution >= 0.6 is 11.3 Å². The summed E-state index contributed by atoms with van der Waals surface area (Å²) in [6, 6.07) is 2.67. The highest BCUT2D eigenvalue weighted by Gasteiger charge is 2.26. The van der Waals surface area contributed by atoms with Crippen molar-refractivity contribution in [2.45, 2.75) is 10.6 Å². The van der Waals surface area contributed by atoms with Crippen LogP contribution in [0.4, 0.5) is 0 Å². The van der Waals surface area contributed by atoms with Crippen LogP contribution in [-0.2, 0) is 10.0 Å². The van der Waals surface area contributed by atoms with Gasteiger partial charge < -0.3 is 5.11 Å². The Kier molecular flexibility index (Phi) is 3.32.